The first-order valence-corrected chi connectivity index (χ1v) is 6.19. The number of hydrogen-bond donors (Lipinski definition) is 0. The van der Waals surface area contributed by atoms with Gasteiger partial charge in [0.15, 0.2) is 0 Å². The fourth-order valence-electron chi connectivity index (χ4n) is 2.46. The van der Waals surface area contributed by atoms with Crippen LogP contribution in [0.15, 0.2) is 24.3 Å². The molecule has 0 aromatic heterocycles. The second-order valence-electron chi connectivity index (χ2n) is 4.38. The number of hydrogen-bond acceptors (Lipinski definition) is 2. The number of rotatable bonds is 3. The smallest absolute Gasteiger partial charge is 0.222 e. The molecular formula is C14H19NO2. The van der Waals surface area contributed by atoms with Crippen molar-refractivity contribution in [3.63, 3.8) is 0 Å². The molecule has 1 saturated heterocycles. The molecule has 1 aliphatic rings. The second kappa shape index (κ2) is 5.21. The van der Waals surface area contributed by atoms with Crippen LogP contribution in [-0.2, 0) is 4.79 Å². The third-order valence-electron chi connectivity index (χ3n) is 3.35. The van der Waals surface area contributed by atoms with Crippen LogP contribution >= 0.6 is 0 Å². The predicted molar refractivity (Wildman–Crippen MR) is 67.0 cm³/mol. The SMILES string of the molecule is CCC(=O)N1CCCC1c1cccc(OC)c1. The molecule has 1 unspecified atom stereocenters. The largest absolute Gasteiger partial charge is 0.497 e. The van der Waals surface area contributed by atoms with Gasteiger partial charge in [-0.1, -0.05) is 19.1 Å². The average Bonchev–Trinajstić information content (AvgIpc) is 2.87. The summed E-state index contributed by atoms with van der Waals surface area (Å²) < 4.78 is 5.23. The monoisotopic (exact) mass is 233 g/mol. The van der Waals surface area contributed by atoms with Crippen LogP contribution in [0.1, 0.15) is 37.8 Å². The van der Waals surface area contributed by atoms with Crippen molar-refractivity contribution in [1.82, 2.24) is 4.90 Å². The second-order valence-corrected chi connectivity index (χ2v) is 4.38. The number of methoxy groups -OCH3 is 1. The first kappa shape index (κ1) is 12.0. The van der Waals surface area contributed by atoms with Gasteiger partial charge in [-0.3, -0.25) is 4.79 Å². The molecule has 0 aliphatic carbocycles. The number of nitrogens with zero attached hydrogens (tertiary/aromatic N) is 1. The maximum absolute atomic E-state index is 11.8. The van der Waals surface area contributed by atoms with Crippen LogP contribution in [0.25, 0.3) is 0 Å². The van der Waals surface area contributed by atoms with Gasteiger partial charge in [0.25, 0.3) is 0 Å². The van der Waals surface area contributed by atoms with Gasteiger partial charge in [0, 0.05) is 13.0 Å². The quantitative estimate of drug-likeness (QED) is 0.803. The molecule has 1 aromatic carbocycles. The number of amides is 1. The fourth-order valence-corrected chi connectivity index (χ4v) is 2.46. The highest BCUT2D eigenvalue weighted by atomic mass is 16.5. The van der Waals surface area contributed by atoms with Crippen molar-refractivity contribution in [3.05, 3.63) is 29.8 Å². The summed E-state index contributed by atoms with van der Waals surface area (Å²) in [6, 6.07) is 8.27. The molecule has 0 radical (unpaired) electrons. The summed E-state index contributed by atoms with van der Waals surface area (Å²) in [6.45, 7) is 2.80. The summed E-state index contributed by atoms with van der Waals surface area (Å²) in [6.07, 6.45) is 2.73. The van der Waals surface area contributed by atoms with E-state index in [9.17, 15) is 4.79 Å². The molecule has 1 amide bonds. The third kappa shape index (κ3) is 2.43. The Balaban J connectivity index is 2.22. The van der Waals surface area contributed by atoms with Gasteiger partial charge in [-0.15, -0.1) is 0 Å². The van der Waals surface area contributed by atoms with Gasteiger partial charge in [0.2, 0.25) is 5.91 Å². The van der Waals surface area contributed by atoms with Gasteiger partial charge < -0.3 is 9.64 Å². The van der Waals surface area contributed by atoms with E-state index in [1.807, 2.05) is 30.0 Å². The molecular weight excluding hydrogens is 214 g/mol. The Morgan fingerprint density at radius 3 is 3.06 bits per heavy atom. The van der Waals surface area contributed by atoms with Gasteiger partial charge in [-0.05, 0) is 30.5 Å². The molecule has 3 nitrogen and oxygen atoms in total. The van der Waals surface area contributed by atoms with Gasteiger partial charge in [-0.2, -0.15) is 0 Å². The molecule has 17 heavy (non-hydrogen) atoms. The summed E-state index contributed by atoms with van der Waals surface area (Å²) in [4.78, 5) is 13.8. The first-order valence-electron chi connectivity index (χ1n) is 6.19. The minimum absolute atomic E-state index is 0.234. The minimum atomic E-state index is 0.234. The minimum Gasteiger partial charge on any atom is -0.497 e. The highest BCUT2D eigenvalue weighted by molar-refractivity contribution is 5.76. The van der Waals surface area contributed by atoms with E-state index in [-0.39, 0.29) is 11.9 Å². The van der Waals surface area contributed by atoms with Crippen molar-refractivity contribution < 1.29 is 9.53 Å². The summed E-state index contributed by atoms with van der Waals surface area (Å²) in [7, 11) is 1.67. The highest BCUT2D eigenvalue weighted by Gasteiger charge is 2.28. The van der Waals surface area contributed by atoms with Gasteiger partial charge in [-0.25, -0.2) is 0 Å². The Bertz CT molecular complexity index is 403. The first-order chi connectivity index (χ1) is 8.26. The van der Waals surface area contributed by atoms with E-state index in [0.717, 1.165) is 25.1 Å². The molecule has 0 spiro atoms. The number of carbonyl (C=O) groups is 1. The molecule has 92 valence electrons. The van der Waals surface area contributed by atoms with Crippen LogP contribution in [0.4, 0.5) is 0 Å². The van der Waals surface area contributed by atoms with Crippen molar-refractivity contribution in [2.75, 3.05) is 13.7 Å². The fraction of sp³-hybridized carbons (Fsp3) is 0.500. The number of ether oxygens (including phenoxy) is 1. The van der Waals surface area contributed by atoms with Crippen LogP contribution in [0.3, 0.4) is 0 Å². The van der Waals surface area contributed by atoms with Crippen molar-refractivity contribution >= 4 is 5.91 Å². The number of benzene rings is 1. The zero-order chi connectivity index (χ0) is 12.3. The Kier molecular flexibility index (Phi) is 3.67. The van der Waals surface area contributed by atoms with Crippen molar-refractivity contribution in [3.8, 4) is 5.75 Å². The third-order valence-corrected chi connectivity index (χ3v) is 3.35. The van der Waals surface area contributed by atoms with Gasteiger partial charge in [0.1, 0.15) is 5.75 Å². The standard InChI is InChI=1S/C14H19NO2/c1-3-14(16)15-9-5-8-13(15)11-6-4-7-12(10-11)17-2/h4,6-7,10,13H,3,5,8-9H2,1-2H3. The molecule has 1 aliphatic heterocycles. The van der Waals surface area contributed by atoms with E-state index >= 15 is 0 Å². The lowest BCUT2D eigenvalue weighted by molar-refractivity contribution is -0.131. The lowest BCUT2D eigenvalue weighted by Crippen LogP contribution is -2.29. The van der Waals surface area contributed by atoms with E-state index in [2.05, 4.69) is 6.07 Å². The zero-order valence-electron chi connectivity index (χ0n) is 10.5. The maximum atomic E-state index is 11.8. The van der Waals surface area contributed by atoms with Gasteiger partial charge >= 0.3 is 0 Å². The molecule has 1 heterocycles. The molecule has 0 bridgehead atoms. The summed E-state index contributed by atoms with van der Waals surface area (Å²) >= 11 is 0. The predicted octanol–water partition coefficient (Wildman–Crippen LogP) is 2.77. The lowest BCUT2D eigenvalue weighted by Gasteiger charge is -2.25. The van der Waals surface area contributed by atoms with Crippen LogP contribution < -0.4 is 4.74 Å². The van der Waals surface area contributed by atoms with E-state index in [1.54, 1.807) is 7.11 Å². The molecule has 0 saturated carbocycles. The van der Waals surface area contributed by atoms with Gasteiger partial charge in [0.05, 0.1) is 13.2 Å². The molecule has 3 heteroatoms. The molecule has 1 atom stereocenters. The van der Waals surface area contributed by atoms with Crippen LogP contribution in [0, 0.1) is 0 Å². The topological polar surface area (TPSA) is 29.5 Å². The Morgan fingerprint density at radius 2 is 2.35 bits per heavy atom. The van der Waals surface area contributed by atoms with Crippen LogP contribution in [0.5, 0.6) is 5.75 Å². The average molecular weight is 233 g/mol. The Hall–Kier alpha value is -1.51. The highest BCUT2D eigenvalue weighted by Crippen LogP contribution is 2.33. The van der Waals surface area contributed by atoms with Crippen LogP contribution in [0.2, 0.25) is 0 Å². The van der Waals surface area contributed by atoms with Crippen LogP contribution in [-0.4, -0.2) is 24.5 Å². The molecule has 1 fully saturated rings. The molecule has 1 aromatic rings. The van der Waals surface area contributed by atoms with E-state index in [4.69, 9.17) is 4.74 Å². The van der Waals surface area contributed by atoms with E-state index < -0.39 is 0 Å². The van der Waals surface area contributed by atoms with E-state index in [0.29, 0.717) is 6.42 Å². The maximum Gasteiger partial charge on any atom is 0.222 e. The Labute approximate surface area is 102 Å². The number of carbonyl (C=O) groups excluding carboxylic acids is 1. The zero-order valence-corrected chi connectivity index (χ0v) is 10.5. The lowest BCUT2D eigenvalue weighted by atomic mass is 10.0. The summed E-state index contributed by atoms with van der Waals surface area (Å²) in [5, 5.41) is 0. The van der Waals surface area contributed by atoms with Crippen molar-refractivity contribution in [2.24, 2.45) is 0 Å². The normalized spacial score (nSPS) is 19.4. The van der Waals surface area contributed by atoms with Crippen molar-refractivity contribution in [1.29, 1.82) is 0 Å². The Morgan fingerprint density at radius 1 is 1.53 bits per heavy atom. The molecule has 2 rings (SSSR count). The summed E-state index contributed by atoms with van der Waals surface area (Å²) in [5.41, 5.74) is 1.18. The molecule has 0 N–H and O–H groups in total. The van der Waals surface area contributed by atoms with E-state index in [1.165, 1.54) is 5.56 Å². The van der Waals surface area contributed by atoms with Crippen molar-refractivity contribution in [2.45, 2.75) is 32.2 Å². The summed E-state index contributed by atoms with van der Waals surface area (Å²) in [5.74, 6) is 1.11. The number of likely N-dealkylation sites (tertiary alicyclic amines) is 1.